The number of benzene rings is 1. The lowest BCUT2D eigenvalue weighted by Gasteiger charge is -2.15. The van der Waals surface area contributed by atoms with Crippen LogP contribution in [-0.2, 0) is 6.54 Å². The summed E-state index contributed by atoms with van der Waals surface area (Å²) in [5, 5.41) is 13.5. The highest BCUT2D eigenvalue weighted by Crippen LogP contribution is 2.16. The van der Waals surface area contributed by atoms with E-state index in [4.69, 9.17) is 11.6 Å². The van der Waals surface area contributed by atoms with Crippen molar-refractivity contribution < 1.29 is 4.79 Å². The number of aromatic amines is 1. The zero-order valence-corrected chi connectivity index (χ0v) is 9.85. The van der Waals surface area contributed by atoms with Gasteiger partial charge in [0, 0.05) is 18.6 Å². The molecule has 1 heterocycles. The predicted octanol–water partition coefficient (Wildman–Crippen LogP) is 1.13. The lowest BCUT2D eigenvalue weighted by Crippen LogP contribution is -2.27. The molecule has 17 heavy (non-hydrogen) atoms. The molecule has 1 amide bonds. The summed E-state index contributed by atoms with van der Waals surface area (Å²) < 4.78 is 0. The lowest BCUT2D eigenvalue weighted by molar-refractivity contribution is 0.0773. The molecule has 0 atom stereocenters. The van der Waals surface area contributed by atoms with Gasteiger partial charge in [-0.1, -0.05) is 29.8 Å². The molecule has 0 aliphatic carbocycles. The molecule has 0 saturated carbocycles. The van der Waals surface area contributed by atoms with Crippen molar-refractivity contribution in [3.05, 3.63) is 40.7 Å². The maximum atomic E-state index is 11.8. The fourth-order valence-electron chi connectivity index (χ4n) is 1.38. The average molecular weight is 252 g/mol. The van der Waals surface area contributed by atoms with Crippen molar-refractivity contribution in [1.82, 2.24) is 25.5 Å². The normalized spacial score (nSPS) is 10.2. The number of hydrogen-bond acceptors (Lipinski definition) is 4. The highest BCUT2D eigenvalue weighted by atomic mass is 35.5. The van der Waals surface area contributed by atoms with Crippen LogP contribution in [0.2, 0.25) is 5.02 Å². The third-order valence-corrected chi connectivity index (χ3v) is 2.62. The Hall–Kier alpha value is -1.95. The Morgan fingerprint density at radius 1 is 1.47 bits per heavy atom. The van der Waals surface area contributed by atoms with Crippen LogP contribution in [0.15, 0.2) is 24.3 Å². The Morgan fingerprint density at radius 2 is 2.24 bits per heavy atom. The number of carbonyl (C=O) groups is 1. The lowest BCUT2D eigenvalue weighted by atomic mass is 10.2. The SMILES string of the molecule is CN(Cc1ccccc1Cl)C(=O)c1nn[nH]n1. The molecule has 1 aromatic heterocycles. The summed E-state index contributed by atoms with van der Waals surface area (Å²) >= 11 is 6.01. The smallest absolute Gasteiger partial charge is 0.295 e. The van der Waals surface area contributed by atoms with Gasteiger partial charge in [-0.2, -0.15) is 5.21 Å². The Balaban J connectivity index is 2.10. The minimum absolute atomic E-state index is 0.0413. The molecule has 0 aliphatic rings. The summed E-state index contributed by atoms with van der Waals surface area (Å²) in [4.78, 5) is 13.3. The summed E-state index contributed by atoms with van der Waals surface area (Å²) in [7, 11) is 1.65. The Bertz CT molecular complexity index is 513. The monoisotopic (exact) mass is 251 g/mol. The number of rotatable bonds is 3. The average Bonchev–Trinajstić information content (AvgIpc) is 2.84. The van der Waals surface area contributed by atoms with Gasteiger partial charge < -0.3 is 4.90 Å². The highest BCUT2D eigenvalue weighted by molar-refractivity contribution is 6.31. The second kappa shape index (κ2) is 4.92. The molecule has 7 heteroatoms. The van der Waals surface area contributed by atoms with Crippen molar-refractivity contribution in [2.75, 3.05) is 7.05 Å². The second-order valence-electron chi connectivity index (χ2n) is 3.49. The number of nitrogens with one attached hydrogen (secondary N) is 1. The van der Waals surface area contributed by atoms with Crippen LogP contribution in [0.25, 0.3) is 0 Å². The van der Waals surface area contributed by atoms with Crippen LogP contribution < -0.4 is 0 Å². The van der Waals surface area contributed by atoms with Crippen LogP contribution in [0, 0.1) is 0 Å². The van der Waals surface area contributed by atoms with Gasteiger partial charge in [-0.3, -0.25) is 4.79 Å². The van der Waals surface area contributed by atoms with Crippen LogP contribution in [0.5, 0.6) is 0 Å². The van der Waals surface area contributed by atoms with Gasteiger partial charge in [0.15, 0.2) is 0 Å². The number of nitrogens with zero attached hydrogens (tertiary/aromatic N) is 4. The molecule has 1 N–H and O–H groups in total. The van der Waals surface area contributed by atoms with E-state index in [1.807, 2.05) is 18.2 Å². The van der Waals surface area contributed by atoms with Gasteiger partial charge in [0.05, 0.1) is 0 Å². The first-order chi connectivity index (χ1) is 8.18. The van der Waals surface area contributed by atoms with E-state index < -0.39 is 0 Å². The Morgan fingerprint density at radius 3 is 2.88 bits per heavy atom. The first-order valence-electron chi connectivity index (χ1n) is 4.91. The van der Waals surface area contributed by atoms with E-state index in [0.717, 1.165) is 5.56 Å². The van der Waals surface area contributed by atoms with Crippen molar-refractivity contribution in [2.24, 2.45) is 0 Å². The van der Waals surface area contributed by atoms with Gasteiger partial charge in [-0.25, -0.2) is 0 Å². The molecule has 0 spiro atoms. The van der Waals surface area contributed by atoms with Gasteiger partial charge in [0.2, 0.25) is 0 Å². The number of H-pyrrole nitrogens is 1. The van der Waals surface area contributed by atoms with Crippen LogP contribution >= 0.6 is 11.6 Å². The largest absolute Gasteiger partial charge is 0.334 e. The van der Waals surface area contributed by atoms with Crippen molar-refractivity contribution in [2.45, 2.75) is 6.54 Å². The molecule has 2 rings (SSSR count). The molecule has 0 bridgehead atoms. The number of amides is 1. The zero-order chi connectivity index (χ0) is 12.3. The molecule has 0 unspecified atom stereocenters. The zero-order valence-electron chi connectivity index (χ0n) is 9.09. The molecular weight excluding hydrogens is 242 g/mol. The maximum Gasteiger partial charge on any atom is 0.295 e. The molecule has 0 saturated heterocycles. The van der Waals surface area contributed by atoms with Crippen LogP contribution in [-0.4, -0.2) is 38.5 Å². The Kier molecular flexibility index (Phi) is 3.34. The van der Waals surface area contributed by atoms with Gasteiger partial charge in [-0.15, -0.1) is 10.2 Å². The highest BCUT2D eigenvalue weighted by Gasteiger charge is 2.16. The van der Waals surface area contributed by atoms with E-state index in [9.17, 15) is 4.79 Å². The standard InChI is InChI=1S/C10H10ClN5O/c1-16(10(17)9-12-14-15-13-9)6-7-4-2-3-5-8(7)11/h2-5H,6H2,1H3,(H,12,13,14,15). The van der Waals surface area contributed by atoms with E-state index in [0.29, 0.717) is 11.6 Å². The molecule has 0 radical (unpaired) electrons. The molecule has 1 aromatic carbocycles. The van der Waals surface area contributed by atoms with Crippen molar-refractivity contribution in [3.63, 3.8) is 0 Å². The van der Waals surface area contributed by atoms with Crippen molar-refractivity contribution in [1.29, 1.82) is 0 Å². The molecule has 0 fully saturated rings. The third-order valence-electron chi connectivity index (χ3n) is 2.25. The Labute approximate surface area is 103 Å². The van der Waals surface area contributed by atoms with E-state index in [2.05, 4.69) is 20.6 Å². The summed E-state index contributed by atoms with van der Waals surface area (Å²) in [6, 6.07) is 7.35. The van der Waals surface area contributed by atoms with Crippen LogP contribution in [0.4, 0.5) is 0 Å². The van der Waals surface area contributed by atoms with Gasteiger partial charge >= 0.3 is 0 Å². The molecular formula is C10H10ClN5O. The molecule has 6 nitrogen and oxygen atoms in total. The van der Waals surface area contributed by atoms with E-state index in [1.54, 1.807) is 13.1 Å². The summed E-state index contributed by atoms with van der Waals surface area (Å²) in [5.74, 6) is -0.266. The molecule has 0 aliphatic heterocycles. The third kappa shape index (κ3) is 2.59. The number of aromatic nitrogens is 4. The quantitative estimate of drug-likeness (QED) is 0.887. The minimum atomic E-state index is -0.307. The molecule has 2 aromatic rings. The number of halogens is 1. The van der Waals surface area contributed by atoms with E-state index in [-0.39, 0.29) is 11.7 Å². The van der Waals surface area contributed by atoms with Crippen molar-refractivity contribution in [3.8, 4) is 0 Å². The summed E-state index contributed by atoms with van der Waals surface area (Å²) in [6.45, 7) is 0.396. The van der Waals surface area contributed by atoms with Gasteiger partial charge in [-0.05, 0) is 16.8 Å². The summed E-state index contributed by atoms with van der Waals surface area (Å²) in [5.41, 5.74) is 0.869. The van der Waals surface area contributed by atoms with E-state index in [1.165, 1.54) is 4.90 Å². The fraction of sp³-hybridized carbons (Fsp3) is 0.200. The van der Waals surface area contributed by atoms with Crippen LogP contribution in [0.3, 0.4) is 0 Å². The van der Waals surface area contributed by atoms with Crippen LogP contribution in [0.1, 0.15) is 16.2 Å². The predicted molar refractivity (Wildman–Crippen MR) is 61.4 cm³/mol. The van der Waals surface area contributed by atoms with Gasteiger partial charge in [0.25, 0.3) is 11.7 Å². The maximum absolute atomic E-state index is 11.8. The first kappa shape index (κ1) is 11.5. The molecule has 88 valence electrons. The van der Waals surface area contributed by atoms with E-state index >= 15 is 0 Å². The topological polar surface area (TPSA) is 74.8 Å². The van der Waals surface area contributed by atoms with Crippen molar-refractivity contribution >= 4 is 17.5 Å². The van der Waals surface area contributed by atoms with Gasteiger partial charge in [0.1, 0.15) is 0 Å². The number of carbonyl (C=O) groups excluding carboxylic acids is 1. The first-order valence-corrected chi connectivity index (χ1v) is 5.28. The summed E-state index contributed by atoms with van der Waals surface area (Å²) in [6.07, 6.45) is 0. The number of hydrogen-bond donors (Lipinski definition) is 1. The fourth-order valence-corrected chi connectivity index (χ4v) is 1.57. The number of tetrazole rings is 1. The second-order valence-corrected chi connectivity index (χ2v) is 3.90. The minimum Gasteiger partial charge on any atom is -0.334 e.